The molecule has 0 rings (SSSR count). The maximum atomic E-state index is 5.42. The maximum absolute atomic E-state index is 5.42. The highest BCUT2D eigenvalue weighted by Gasteiger charge is 1.92. The Bertz CT molecular complexity index is 166. The van der Waals surface area contributed by atoms with Crippen LogP contribution in [0.4, 0.5) is 0 Å². The van der Waals surface area contributed by atoms with E-state index in [1.807, 2.05) is 0 Å². The minimum atomic E-state index is 0.454. The first kappa shape index (κ1) is 17.7. The van der Waals surface area contributed by atoms with Gasteiger partial charge in [-0.2, -0.15) is 0 Å². The molecule has 18 heavy (non-hydrogen) atoms. The first-order chi connectivity index (χ1) is 8.91. The average molecular weight is 256 g/mol. The summed E-state index contributed by atoms with van der Waals surface area (Å²) in [5.74, 6) is 0. The third-order valence-corrected chi connectivity index (χ3v) is 2.89. The smallest absolute Gasteiger partial charge is 0.146 e. The van der Waals surface area contributed by atoms with Crippen molar-refractivity contribution >= 4 is 0 Å². The molecule has 2 nitrogen and oxygen atoms in total. The summed E-state index contributed by atoms with van der Waals surface area (Å²) < 4.78 is 10.8. The normalized spacial score (nSPS) is 11.4. The molecule has 108 valence electrons. The highest BCUT2D eigenvalue weighted by Crippen LogP contribution is 2.06. The minimum Gasteiger partial charge on any atom is -0.355 e. The fraction of sp³-hybridized carbons (Fsp3) is 0.875. The maximum Gasteiger partial charge on any atom is 0.146 e. The number of allylic oxidation sites excluding steroid dienone is 1. The summed E-state index contributed by atoms with van der Waals surface area (Å²) in [6.45, 7) is 6.47. The summed E-state index contributed by atoms with van der Waals surface area (Å²) in [7, 11) is 0. The Morgan fingerprint density at radius 2 is 1.39 bits per heavy atom. The lowest BCUT2D eigenvalue weighted by Crippen LogP contribution is -2.02. The fourth-order valence-electron chi connectivity index (χ4n) is 1.77. The molecule has 0 aromatic heterocycles. The summed E-state index contributed by atoms with van der Waals surface area (Å²) in [5.41, 5.74) is 0. The van der Waals surface area contributed by atoms with Crippen molar-refractivity contribution in [3.63, 3.8) is 0 Å². The van der Waals surface area contributed by atoms with Gasteiger partial charge in [-0.05, 0) is 19.3 Å². The molecule has 0 aliphatic carbocycles. The van der Waals surface area contributed by atoms with Crippen LogP contribution in [-0.4, -0.2) is 20.0 Å². The predicted molar refractivity (Wildman–Crippen MR) is 78.8 cm³/mol. The van der Waals surface area contributed by atoms with E-state index < -0.39 is 0 Å². The zero-order valence-corrected chi connectivity index (χ0v) is 12.5. The largest absolute Gasteiger partial charge is 0.355 e. The summed E-state index contributed by atoms with van der Waals surface area (Å²) in [5, 5.41) is 0. The molecule has 0 fully saturated rings. The van der Waals surface area contributed by atoms with Gasteiger partial charge in [-0.3, -0.25) is 0 Å². The molecule has 2 heteroatoms. The van der Waals surface area contributed by atoms with Crippen molar-refractivity contribution in [1.82, 2.24) is 0 Å². The number of rotatable bonds is 14. The first-order valence-corrected chi connectivity index (χ1v) is 7.72. The van der Waals surface area contributed by atoms with E-state index in [1.165, 1.54) is 44.9 Å². The van der Waals surface area contributed by atoms with Gasteiger partial charge in [-0.15, -0.1) is 0 Å². The molecule has 0 amide bonds. The number of ether oxygens (including phenoxy) is 2. The van der Waals surface area contributed by atoms with Gasteiger partial charge in [0.1, 0.15) is 6.79 Å². The molecule has 0 radical (unpaired) electrons. The lowest BCUT2D eigenvalue weighted by atomic mass is 10.1. The minimum absolute atomic E-state index is 0.454. The Morgan fingerprint density at radius 1 is 0.722 bits per heavy atom. The van der Waals surface area contributed by atoms with E-state index in [-0.39, 0.29) is 0 Å². The number of hydrogen-bond acceptors (Lipinski definition) is 2. The van der Waals surface area contributed by atoms with E-state index >= 15 is 0 Å². The lowest BCUT2D eigenvalue weighted by molar-refractivity contribution is -0.0531. The quantitative estimate of drug-likeness (QED) is 0.245. The van der Waals surface area contributed by atoms with Gasteiger partial charge in [0.2, 0.25) is 0 Å². The molecule has 0 aliphatic rings. The van der Waals surface area contributed by atoms with Crippen LogP contribution in [0.2, 0.25) is 0 Å². The van der Waals surface area contributed by atoms with E-state index in [1.54, 1.807) is 0 Å². The van der Waals surface area contributed by atoms with Crippen LogP contribution >= 0.6 is 0 Å². The molecule has 0 atom stereocenters. The van der Waals surface area contributed by atoms with Crippen LogP contribution in [0.25, 0.3) is 0 Å². The van der Waals surface area contributed by atoms with Crippen LogP contribution in [0.5, 0.6) is 0 Å². The van der Waals surface area contributed by atoms with Gasteiger partial charge in [0, 0.05) is 6.61 Å². The van der Waals surface area contributed by atoms with Gasteiger partial charge in [-0.1, -0.05) is 64.5 Å². The topological polar surface area (TPSA) is 18.5 Å². The molecule has 0 aliphatic heterocycles. The average Bonchev–Trinajstić information content (AvgIpc) is 2.39. The number of hydrogen-bond donors (Lipinski definition) is 0. The monoisotopic (exact) mass is 256 g/mol. The zero-order chi connectivity index (χ0) is 13.3. The van der Waals surface area contributed by atoms with Gasteiger partial charge in [0.05, 0.1) is 6.61 Å². The van der Waals surface area contributed by atoms with E-state index in [9.17, 15) is 0 Å². The van der Waals surface area contributed by atoms with Crippen LogP contribution in [0, 0.1) is 0 Å². The molecule has 0 heterocycles. The second kappa shape index (κ2) is 16.7. The van der Waals surface area contributed by atoms with Crippen molar-refractivity contribution < 1.29 is 9.47 Å². The predicted octanol–water partition coefficient (Wildman–Crippen LogP) is 5.08. The van der Waals surface area contributed by atoms with E-state index in [2.05, 4.69) is 26.0 Å². The molecule has 0 aromatic carbocycles. The Balaban J connectivity index is 2.92. The van der Waals surface area contributed by atoms with Gasteiger partial charge < -0.3 is 9.47 Å². The molecule has 0 aromatic rings. The van der Waals surface area contributed by atoms with Crippen LogP contribution in [0.15, 0.2) is 12.2 Å². The summed E-state index contributed by atoms with van der Waals surface area (Å²) in [6.07, 6.45) is 15.7. The first-order valence-electron chi connectivity index (χ1n) is 7.72. The van der Waals surface area contributed by atoms with Gasteiger partial charge in [0.25, 0.3) is 0 Å². The Morgan fingerprint density at radius 3 is 2.11 bits per heavy atom. The highest BCUT2D eigenvalue weighted by molar-refractivity contribution is 4.79. The summed E-state index contributed by atoms with van der Waals surface area (Å²) in [4.78, 5) is 0. The molecule has 0 saturated heterocycles. The molecular weight excluding hydrogens is 224 g/mol. The SMILES string of the molecule is CCC=CCCOCOCCCCCCCCC. The highest BCUT2D eigenvalue weighted by atomic mass is 16.7. The fourth-order valence-corrected chi connectivity index (χ4v) is 1.77. The van der Waals surface area contributed by atoms with Crippen molar-refractivity contribution in [2.75, 3.05) is 20.0 Å². The summed E-state index contributed by atoms with van der Waals surface area (Å²) >= 11 is 0. The molecule has 0 saturated carbocycles. The molecule has 0 bridgehead atoms. The molecule has 0 unspecified atom stereocenters. The molecule has 0 N–H and O–H groups in total. The van der Waals surface area contributed by atoms with E-state index in [4.69, 9.17) is 9.47 Å². The third kappa shape index (κ3) is 15.7. The summed E-state index contributed by atoms with van der Waals surface area (Å²) in [6, 6.07) is 0. The van der Waals surface area contributed by atoms with Crippen LogP contribution in [0.3, 0.4) is 0 Å². The standard InChI is InChI=1S/C16H32O2/c1-3-5-7-9-10-11-13-15-18-16-17-14-12-8-6-4-2/h6,8H,3-5,7,9-16H2,1-2H3. The molecular formula is C16H32O2. The van der Waals surface area contributed by atoms with E-state index in [0.717, 1.165) is 26.1 Å². The van der Waals surface area contributed by atoms with Crippen molar-refractivity contribution in [1.29, 1.82) is 0 Å². The zero-order valence-electron chi connectivity index (χ0n) is 12.5. The van der Waals surface area contributed by atoms with Crippen molar-refractivity contribution in [3.05, 3.63) is 12.2 Å². The van der Waals surface area contributed by atoms with Crippen molar-refractivity contribution in [2.45, 2.75) is 71.6 Å². The Kier molecular flexibility index (Phi) is 16.3. The van der Waals surface area contributed by atoms with Gasteiger partial charge >= 0.3 is 0 Å². The Hall–Kier alpha value is -0.340. The van der Waals surface area contributed by atoms with Gasteiger partial charge in [0.15, 0.2) is 0 Å². The van der Waals surface area contributed by atoms with Gasteiger partial charge in [-0.25, -0.2) is 0 Å². The lowest BCUT2D eigenvalue weighted by Gasteiger charge is -2.05. The van der Waals surface area contributed by atoms with Crippen LogP contribution in [-0.2, 0) is 9.47 Å². The third-order valence-electron chi connectivity index (χ3n) is 2.89. The second-order valence-corrected chi connectivity index (χ2v) is 4.72. The van der Waals surface area contributed by atoms with E-state index in [0.29, 0.717) is 6.79 Å². The molecule has 0 spiro atoms. The van der Waals surface area contributed by atoms with Crippen LogP contribution < -0.4 is 0 Å². The van der Waals surface area contributed by atoms with Crippen LogP contribution in [0.1, 0.15) is 71.6 Å². The van der Waals surface area contributed by atoms with Crippen molar-refractivity contribution in [2.24, 2.45) is 0 Å². The number of unbranched alkanes of at least 4 members (excludes halogenated alkanes) is 6. The van der Waals surface area contributed by atoms with Crippen molar-refractivity contribution in [3.8, 4) is 0 Å². The Labute approximate surface area is 114 Å². The second-order valence-electron chi connectivity index (χ2n) is 4.72.